The highest BCUT2D eigenvalue weighted by molar-refractivity contribution is 8.00. The molecule has 0 fully saturated rings. The zero-order chi connectivity index (χ0) is 10.9. The number of thioether (sulfide) groups is 1. The van der Waals surface area contributed by atoms with Gasteiger partial charge in [-0.1, -0.05) is 30.0 Å². The van der Waals surface area contributed by atoms with Gasteiger partial charge in [0.25, 0.3) is 0 Å². The van der Waals surface area contributed by atoms with Crippen LogP contribution in [0.15, 0.2) is 9.85 Å². The van der Waals surface area contributed by atoms with Crippen molar-refractivity contribution in [1.82, 2.24) is 15.5 Å². The van der Waals surface area contributed by atoms with Gasteiger partial charge in [0.15, 0.2) is 4.34 Å². The molecule has 0 aliphatic heterocycles. The number of hydrogen-bond acceptors (Lipinski definition) is 6. The van der Waals surface area contributed by atoms with Gasteiger partial charge in [-0.2, -0.15) is 0 Å². The fraction of sp³-hybridized carbons (Fsp3) is 0.778. The third-order valence-corrected chi connectivity index (χ3v) is 3.83. The van der Waals surface area contributed by atoms with Crippen LogP contribution in [0.5, 0.6) is 0 Å². The maximum Gasteiger partial charge on any atom is 0.174 e. The van der Waals surface area contributed by atoms with Gasteiger partial charge in [0.05, 0.1) is 6.61 Å². The second-order valence-corrected chi connectivity index (χ2v) is 5.35. The minimum atomic E-state index is 0.205. The molecule has 0 radical (unpaired) electrons. The summed E-state index contributed by atoms with van der Waals surface area (Å²) in [5.74, 6) is 0.969. The largest absolute Gasteiger partial charge is 0.395 e. The van der Waals surface area contributed by atoms with Gasteiger partial charge in [0, 0.05) is 11.8 Å². The fourth-order valence-electron chi connectivity index (χ4n) is 1.12. The summed E-state index contributed by atoms with van der Waals surface area (Å²) < 4.78 is 1.00. The molecule has 1 atom stereocenters. The van der Waals surface area contributed by atoms with Gasteiger partial charge < -0.3 is 10.4 Å². The van der Waals surface area contributed by atoms with E-state index in [9.17, 15) is 0 Å². The lowest BCUT2D eigenvalue weighted by Gasteiger charge is -2.14. The van der Waals surface area contributed by atoms with Crippen LogP contribution >= 0.6 is 23.1 Å². The van der Waals surface area contributed by atoms with Gasteiger partial charge in [-0.3, -0.25) is 0 Å². The zero-order valence-corrected chi connectivity index (χ0v) is 10.5. The molecule has 6 heteroatoms. The number of aliphatic hydroxyl groups is 1. The van der Waals surface area contributed by atoms with Crippen molar-refractivity contribution < 1.29 is 5.11 Å². The molecule has 1 heterocycles. The number of nitrogens with zero attached hydrogens (tertiary/aromatic N) is 2. The Hall–Kier alpha value is -0.170. The summed E-state index contributed by atoms with van der Waals surface area (Å²) in [5, 5.41) is 20.1. The van der Waals surface area contributed by atoms with Gasteiger partial charge in [-0.15, -0.1) is 10.2 Å². The molecule has 0 amide bonds. The highest BCUT2D eigenvalue weighted by Crippen LogP contribution is 2.19. The summed E-state index contributed by atoms with van der Waals surface area (Å²) >= 11 is 3.26. The molecule has 0 saturated heterocycles. The molecule has 4 nitrogen and oxygen atoms in total. The topological polar surface area (TPSA) is 58.0 Å². The maximum atomic E-state index is 9.11. The van der Waals surface area contributed by atoms with E-state index in [0.717, 1.165) is 29.5 Å². The van der Waals surface area contributed by atoms with Crippen molar-refractivity contribution in [3.8, 4) is 0 Å². The first-order valence-electron chi connectivity index (χ1n) is 5.10. The molecule has 2 N–H and O–H groups in total. The molecule has 0 saturated carbocycles. The molecule has 0 spiro atoms. The molecular formula is C9H17N3OS2. The van der Waals surface area contributed by atoms with Crippen LogP contribution in [0.3, 0.4) is 0 Å². The first-order valence-corrected chi connectivity index (χ1v) is 6.96. The lowest BCUT2D eigenvalue weighted by atomic mass is 10.2. The predicted octanol–water partition coefficient (Wildman–Crippen LogP) is 1.38. The van der Waals surface area contributed by atoms with E-state index >= 15 is 0 Å². The Balaban J connectivity index is 2.11. The van der Waals surface area contributed by atoms with Crippen molar-refractivity contribution in [3.63, 3.8) is 0 Å². The monoisotopic (exact) mass is 247 g/mol. The average Bonchev–Trinajstić information content (AvgIpc) is 2.76. The van der Waals surface area contributed by atoms with E-state index in [1.54, 1.807) is 28.6 Å². The summed E-state index contributed by atoms with van der Waals surface area (Å²) in [7, 11) is 0. The third-order valence-electron chi connectivity index (χ3n) is 1.94. The Kier molecular flexibility index (Phi) is 6.91. The standard InChI is InChI=1S/C9H17N3OS2/c1-2-4-10-8(6-13)3-5-14-9-12-11-7-15-9/h7-8,10,13H,2-6H2,1H3. The first-order chi connectivity index (χ1) is 7.36. The molecule has 0 aromatic carbocycles. The quantitative estimate of drug-likeness (QED) is 0.680. The predicted molar refractivity (Wildman–Crippen MR) is 64.4 cm³/mol. The Morgan fingerprint density at radius 3 is 3.13 bits per heavy atom. The SMILES string of the molecule is CCCNC(CO)CCSc1nncs1. The number of rotatable bonds is 8. The van der Waals surface area contributed by atoms with Crippen LogP contribution in [-0.4, -0.2) is 40.3 Å². The number of aromatic nitrogens is 2. The van der Waals surface area contributed by atoms with Gasteiger partial charge in [-0.05, 0) is 19.4 Å². The molecule has 0 aliphatic carbocycles. The lowest BCUT2D eigenvalue weighted by Crippen LogP contribution is -2.33. The number of nitrogens with one attached hydrogen (secondary N) is 1. The maximum absolute atomic E-state index is 9.11. The van der Waals surface area contributed by atoms with E-state index in [2.05, 4.69) is 22.4 Å². The van der Waals surface area contributed by atoms with Crippen molar-refractivity contribution in [3.05, 3.63) is 5.51 Å². The number of aliphatic hydroxyl groups excluding tert-OH is 1. The van der Waals surface area contributed by atoms with Crippen molar-refractivity contribution in [1.29, 1.82) is 0 Å². The van der Waals surface area contributed by atoms with Crippen molar-refractivity contribution >= 4 is 23.1 Å². The average molecular weight is 247 g/mol. The molecule has 1 unspecified atom stereocenters. The van der Waals surface area contributed by atoms with Crippen LogP contribution in [-0.2, 0) is 0 Å². The highest BCUT2D eigenvalue weighted by atomic mass is 32.2. The van der Waals surface area contributed by atoms with Crippen molar-refractivity contribution in [2.45, 2.75) is 30.1 Å². The van der Waals surface area contributed by atoms with Gasteiger partial charge >= 0.3 is 0 Å². The smallest absolute Gasteiger partial charge is 0.174 e. The molecule has 15 heavy (non-hydrogen) atoms. The molecule has 86 valence electrons. The summed E-state index contributed by atoms with van der Waals surface area (Å²) in [6.45, 7) is 3.29. The summed E-state index contributed by atoms with van der Waals surface area (Å²) in [5.41, 5.74) is 1.74. The Labute approximate surface area is 98.5 Å². The van der Waals surface area contributed by atoms with Crippen LogP contribution in [0, 0.1) is 0 Å². The minimum absolute atomic E-state index is 0.205. The summed E-state index contributed by atoms with van der Waals surface area (Å²) in [6.07, 6.45) is 2.06. The van der Waals surface area contributed by atoms with Crippen LogP contribution in [0.2, 0.25) is 0 Å². The Morgan fingerprint density at radius 2 is 2.53 bits per heavy atom. The van der Waals surface area contributed by atoms with Crippen LogP contribution in [0.25, 0.3) is 0 Å². The Morgan fingerprint density at radius 1 is 1.67 bits per heavy atom. The van der Waals surface area contributed by atoms with Gasteiger partial charge in [0.2, 0.25) is 0 Å². The fourth-order valence-corrected chi connectivity index (χ4v) is 2.73. The zero-order valence-electron chi connectivity index (χ0n) is 8.85. The molecule has 1 aromatic heterocycles. The summed E-state index contributed by atoms with van der Waals surface area (Å²) in [4.78, 5) is 0. The molecular weight excluding hydrogens is 230 g/mol. The second-order valence-electron chi connectivity index (χ2n) is 3.18. The van der Waals surface area contributed by atoms with Crippen LogP contribution in [0.1, 0.15) is 19.8 Å². The normalized spacial score (nSPS) is 12.9. The van der Waals surface area contributed by atoms with E-state index in [-0.39, 0.29) is 12.6 Å². The highest BCUT2D eigenvalue weighted by Gasteiger charge is 2.06. The van der Waals surface area contributed by atoms with E-state index in [1.807, 2.05) is 0 Å². The van der Waals surface area contributed by atoms with E-state index in [1.165, 1.54) is 0 Å². The van der Waals surface area contributed by atoms with Crippen LogP contribution in [0.4, 0.5) is 0 Å². The van der Waals surface area contributed by atoms with Crippen LogP contribution < -0.4 is 5.32 Å². The summed E-state index contributed by atoms with van der Waals surface area (Å²) in [6, 6.07) is 0.213. The lowest BCUT2D eigenvalue weighted by molar-refractivity contribution is 0.240. The van der Waals surface area contributed by atoms with E-state index in [0.29, 0.717) is 0 Å². The van der Waals surface area contributed by atoms with Crippen molar-refractivity contribution in [2.75, 3.05) is 18.9 Å². The second kappa shape index (κ2) is 8.04. The Bertz CT molecular complexity index is 244. The molecule has 1 rings (SSSR count). The van der Waals surface area contributed by atoms with E-state index in [4.69, 9.17) is 5.11 Å². The minimum Gasteiger partial charge on any atom is -0.395 e. The van der Waals surface area contributed by atoms with Crippen molar-refractivity contribution in [2.24, 2.45) is 0 Å². The molecule has 0 bridgehead atoms. The molecule has 0 aliphatic rings. The van der Waals surface area contributed by atoms with Gasteiger partial charge in [0.1, 0.15) is 5.51 Å². The molecule has 1 aromatic rings. The van der Waals surface area contributed by atoms with Gasteiger partial charge in [-0.25, -0.2) is 0 Å². The number of hydrogen-bond donors (Lipinski definition) is 2. The third kappa shape index (κ3) is 5.46. The first kappa shape index (κ1) is 12.9. The van der Waals surface area contributed by atoms with E-state index < -0.39 is 0 Å².